The molecular weight excluding hydrogens is 160 g/mol. The molecule has 0 spiro atoms. The van der Waals surface area contributed by atoms with Crippen LogP contribution in [0.3, 0.4) is 0 Å². The quantitative estimate of drug-likeness (QED) is 0.628. The van der Waals surface area contributed by atoms with Crippen LogP contribution in [0.15, 0.2) is 17.4 Å². The molecule has 0 saturated carbocycles. The molecule has 0 aliphatic carbocycles. The van der Waals surface area contributed by atoms with E-state index in [1.54, 1.807) is 0 Å². The fraction of sp³-hybridized carbons (Fsp3) is 0.429. The van der Waals surface area contributed by atoms with Crippen molar-refractivity contribution < 1.29 is 14.7 Å². The van der Waals surface area contributed by atoms with Gasteiger partial charge in [0.1, 0.15) is 6.10 Å². The van der Waals surface area contributed by atoms with Crippen molar-refractivity contribution in [2.24, 2.45) is 10.9 Å². The number of nitrogens with two attached hydrogens (primary N) is 1. The lowest BCUT2D eigenvalue weighted by Crippen LogP contribution is -2.16. The third-order valence-electron chi connectivity index (χ3n) is 1.47. The highest BCUT2D eigenvalue weighted by atomic mass is 16.6. The van der Waals surface area contributed by atoms with Crippen LogP contribution in [-0.4, -0.2) is 22.9 Å². The maximum Gasteiger partial charge on any atom is 0.353 e. The van der Waals surface area contributed by atoms with Gasteiger partial charge in [0, 0.05) is 18.5 Å². The van der Waals surface area contributed by atoms with Crippen molar-refractivity contribution in [3.63, 3.8) is 0 Å². The Morgan fingerprint density at radius 1 is 1.92 bits per heavy atom. The maximum absolute atomic E-state index is 10.4. The van der Waals surface area contributed by atoms with Crippen LogP contribution in [0.4, 0.5) is 0 Å². The lowest BCUT2D eigenvalue weighted by molar-refractivity contribution is -0.129. The van der Waals surface area contributed by atoms with Crippen LogP contribution >= 0.6 is 0 Å². The summed E-state index contributed by atoms with van der Waals surface area (Å²) in [6.45, 7) is 3.49. The van der Waals surface area contributed by atoms with Gasteiger partial charge in [0.15, 0.2) is 5.71 Å². The van der Waals surface area contributed by atoms with Crippen molar-refractivity contribution in [1.82, 2.24) is 0 Å². The summed E-state index contributed by atoms with van der Waals surface area (Å²) in [5, 5.41) is 11.9. The predicted molar refractivity (Wildman–Crippen MR) is 42.5 cm³/mol. The lowest BCUT2D eigenvalue weighted by Gasteiger charge is -2.05. The molecule has 0 aromatic carbocycles. The molecule has 66 valence electrons. The highest BCUT2D eigenvalue weighted by Gasteiger charge is 2.25. The van der Waals surface area contributed by atoms with Crippen molar-refractivity contribution >= 4 is 11.7 Å². The van der Waals surface area contributed by atoms with Gasteiger partial charge in [-0.15, -0.1) is 0 Å². The Morgan fingerprint density at radius 3 is 3.00 bits per heavy atom. The Morgan fingerprint density at radius 2 is 2.58 bits per heavy atom. The summed E-state index contributed by atoms with van der Waals surface area (Å²) < 4.78 is 0. The van der Waals surface area contributed by atoms with E-state index < -0.39 is 5.97 Å². The Kier molecular flexibility index (Phi) is 2.32. The minimum atomic E-state index is -1.04. The van der Waals surface area contributed by atoms with Crippen LogP contribution in [0.25, 0.3) is 0 Å². The van der Waals surface area contributed by atoms with Crippen LogP contribution in [0.1, 0.15) is 12.8 Å². The van der Waals surface area contributed by atoms with Gasteiger partial charge in [0.05, 0.1) is 0 Å². The standard InChI is InChI=1S/C7H10N2O3/c1-4(8)2-5-3-6(7(10)11)9-12-5/h5H,1-3,8H2,(H,10,11). The van der Waals surface area contributed by atoms with Crippen LogP contribution in [0.5, 0.6) is 0 Å². The lowest BCUT2D eigenvalue weighted by atomic mass is 10.1. The SMILES string of the molecule is C=C(N)CC1CC(C(=O)O)=NO1. The molecule has 12 heavy (non-hydrogen) atoms. The third kappa shape index (κ3) is 1.98. The summed E-state index contributed by atoms with van der Waals surface area (Å²) >= 11 is 0. The van der Waals surface area contributed by atoms with Gasteiger partial charge in [0.25, 0.3) is 0 Å². The predicted octanol–water partition coefficient (Wildman–Crippen LogP) is 0.0784. The van der Waals surface area contributed by atoms with Crippen molar-refractivity contribution in [2.45, 2.75) is 18.9 Å². The van der Waals surface area contributed by atoms with Gasteiger partial charge in [-0.25, -0.2) is 4.79 Å². The molecule has 5 nitrogen and oxygen atoms in total. The van der Waals surface area contributed by atoms with Gasteiger partial charge in [-0.05, 0) is 0 Å². The number of aliphatic carboxylic acids is 1. The summed E-state index contributed by atoms with van der Waals surface area (Å²) in [6.07, 6.45) is 0.486. The number of carbonyl (C=O) groups is 1. The zero-order chi connectivity index (χ0) is 9.14. The smallest absolute Gasteiger partial charge is 0.353 e. The van der Waals surface area contributed by atoms with Gasteiger partial charge >= 0.3 is 5.97 Å². The van der Waals surface area contributed by atoms with Crippen LogP contribution < -0.4 is 5.73 Å². The van der Waals surface area contributed by atoms with Crippen LogP contribution in [-0.2, 0) is 9.63 Å². The van der Waals surface area contributed by atoms with Crippen LogP contribution in [0.2, 0.25) is 0 Å². The molecule has 1 heterocycles. The van der Waals surface area contributed by atoms with E-state index in [-0.39, 0.29) is 11.8 Å². The Bertz CT molecular complexity index is 247. The molecule has 1 aliphatic rings. The normalized spacial score (nSPS) is 21.3. The van der Waals surface area contributed by atoms with Gasteiger partial charge in [-0.2, -0.15) is 0 Å². The Labute approximate surface area is 69.5 Å². The summed E-state index contributed by atoms with van der Waals surface area (Å²) in [7, 11) is 0. The summed E-state index contributed by atoms with van der Waals surface area (Å²) in [5.41, 5.74) is 5.84. The first kappa shape index (κ1) is 8.58. The molecule has 1 aliphatic heterocycles. The topological polar surface area (TPSA) is 84.9 Å². The van der Waals surface area contributed by atoms with Gasteiger partial charge in [0.2, 0.25) is 0 Å². The molecule has 3 N–H and O–H groups in total. The average molecular weight is 170 g/mol. The number of carboxylic acids is 1. The monoisotopic (exact) mass is 170 g/mol. The second kappa shape index (κ2) is 3.25. The first-order valence-corrected chi connectivity index (χ1v) is 3.49. The second-order valence-electron chi connectivity index (χ2n) is 2.64. The number of hydrogen-bond donors (Lipinski definition) is 2. The van der Waals surface area contributed by atoms with E-state index in [1.807, 2.05) is 0 Å². The molecule has 0 bridgehead atoms. The zero-order valence-electron chi connectivity index (χ0n) is 6.49. The highest BCUT2D eigenvalue weighted by molar-refractivity contribution is 6.35. The highest BCUT2D eigenvalue weighted by Crippen LogP contribution is 2.15. The van der Waals surface area contributed by atoms with E-state index in [0.717, 1.165) is 0 Å². The fourth-order valence-corrected chi connectivity index (χ4v) is 0.957. The van der Waals surface area contributed by atoms with Crippen molar-refractivity contribution in [2.75, 3.05) is 0 Å². The van der Waals surface area contributed by atoms with E-state index in [2.05, 4.69) is 11.7 Å². The van der Waals surface area contributed by atoms with E-state index >= 15 is 0 Å². The van der Waals surface area contributed by atoms with E-state index in [0.29, 0.717) is 18.5 Å². The minimum Gasteiger partial charge on any atom is -0.477 e. The number of nitrogens with zero attached hydrogens (tertiary/aromatic N) is 1. The molecule has 0 radical (unpaired) electrons. The molecule has 5 heteroatoms. The summed E-state index contributed by atoms with van der Waals surface area (Å²) in [6, 6.07) is 0. The molecule has 0 fully saturated rings. The Hall–Kier alpha value is -1.52. The van der Waals surface area contributed by atoms with Gasteiger partial charge in [-0.1, -0.05) is 11.7 Å². The van der Waals surface area contributed by atoms with Gasteiger partial charge in [-0.3, -0.25) is 0 Å². The second-order valence-corrected chi connectivity index (χ2v) is 2.64. The summed E-state index contributed by atoms with van der Waals surface area (Å²) in [4.78, 5) is 15.2. The molecule has 1 atom stereocenters. The first-order valence-electron chi connectivity index (χ1n) is 3.49. The average Bonchev–Trinajstić information content (AvgIpc) is 2.34. The Balaban J connectivity index is 2.41. The molecule has 0 aromatic heterocycles. The molecule has 0 aromatic rings. The molecule has 0 saturated heterocycles. The number of oxime groups is 1. The van der Waals surface area contributed by atoms with E-state index in [9.17, 15) is 4.79 Å². The maximum atomic E-state index is 10.4. The molecular formula is C7H10N2O3. The summed E-state index contributed by atoms with van der Waals surface area (Å²) in [5.74, 6) is -1.04. The third-order valence-corrected chi connectivity index (χ3v) is 1.47. The molecule has 0 amide bonds. The molecule has 1 unspecified atom stereocenters. The van der Waals surface area contributed by atoms with Crippen molar-refractivity contribution in [3.05, 3.63) is 12.3 Å². The van der Waals surface area contributed by atoms with Gasteiger partial charge < -0.3 is 15.7 Å². The minimum absolute atomic E-state index is 0.0428. The van der Waals surface area contributed by atoms with Crippen molar-refractivity contribution in [3.8, 4) is 0 Å². The largest absolute Gasteiger partial charge is 0.477 e. The van der Waals surface area contributed by atoms with Crippen molar-refractivity contribution in [1.29, 1.82) is 0 Å². The fourth-order valence-electron chi connectivity index (χ4n) is 0.957. The number of hydrogen-bond acceptors (Lipinski definition) is 4. The van der Waals surface area contributed by atoms with Crippen LogP contribution in [0, 0.1) is 0 Å². The number of carboxylic acid groups (broad SMARTS) is 1. The number of rotatable bonds is 3. The molecule has 1 rings (SSSR count). The zero-order valence-corrected chi connectivity index (χ0v) is 6.49. The van der Waals surface area contributed by atoms with E-state index in [1.165, 1.54) is 0 Å². The first-order chi connectivity index (χ1) is 5.59. The van der Waals surface area contributed by atoms with E-state index in [4.69, 9.17) is 15.7 Å².